The zero-order chi connectivity index (χ0) is 19.0. The molecule has 0 saturated heterocycles. The van der Waals surface area contributed by atoms with Gasteiger partial charge >= 0.3 is 0 Å². The molecule has 27 heavy (non-hydrogen) atoms. The van der Waals surface area contributed by atoms with Gasteiger partial charge in [-0.15, -0.1) is 0 Å². The van der Waals surface area contributed by atoms with Gasteiger partial charge in [0.2, 0.25) is 0 Å². The van der Waals surface area contributed by atoms with Crippen molar-refractivity contribution in [3.8, 4) is 11.5 Å². The summed E-state index contributed by atoms with van der Waals surface area (Å²) in [5.74, 6) is 2.42. The van der Waals surface area contributed by atoms with Gasteiger partial charge in [0.25, 0.3) is 5.91 Å². The molecule has 1 aliphatic rings. The lowest BCUT2D eigenvalue weighted by molar-refractivity contribution is 0.102. The van der Waals surface area contributed by atoms with Crippen LogP contribution in [0.1, 0.15) is 41.4 Å². The van der Waals surface area contributed by atoms with Gasteiger partial charge in [-0.05, 0) is 59.1 Å². The van der Waals surface area contributed by atoms with Crippen LogP contribution in [0.2, 0.25) is 0 Å². The van der Waals surface area contributed by atoms with Crippen LogP contribution in [0, 0.1) is 0 Å². The van der Waals surface area contributed by atoms with Gasteiger partial charge in [-0.2, -0.15) is 0 Å². The molecule has 6 nitrogen and oxygen atoms in total. The number of carbonyl (C=O) groups excluding carboxylic acids is 1. The molecule has 4 rings (SSSR count). The van der Waals surface area contributed by atoms with Crippen LogP contribution < -0.4 is 14.8 Å². The van der Waals surface area contributed by atoms with Crippen LogP contribution >= 0.6 is 15.9 Å². The molecule has 7 heteroatoms. The maximum atomic E-state index is 12.7. The maximum Gasteiger partial charge on any atom is 0.255 e. The molecule has 0 radical (unpaired) electrons. The van der Waals surface area contributed by atoms with Gasteiger partial charge in [-0.3, -0.25) is 4.79 Å². The summed E-state index contributed by atoms with van der Waals surface area (Å²) < 4.78 is 11.3. The highest BCUT2D eigenvalue weighted by atomic mass is 79.9. The van der Waals surface area contributed by atoms with Crippen molar-refractivity contribution in [3.63, 3.8) is 0 Å². The third-order valence-electron chi connectivity index (χ3n) is 4.96. The van der Waals surface area contributed by atoms with Crippen molar-refractivity contribution >= 4 is 38.6 Å². The van der Waals surface area contributed by atoms with Gasteiger partial charge in [-0.1, -0.05) is 6.42 Å². The number of anilines is 1. The van der Waals surface area contributed by atoms with Crippen molar-refractivity contribution in [2.24, 2.45) is 0 Å². The molecule has 0 spiro atoms. The summed E-state index contributed by atoms with van der Waals surface area (Å²) in [5, 5.41) is 2.93. The molecule has 1 fully saturated rings. The molecule has 0 aliphatic heterocycles. The van der Waals surface area contributed by atoms with Gasteiger partial charge < -0.3 is 19.8 Å². The maximum absolute atomic E-state index is 12.7. The van der Waals surface area contributed by atoms with Crippen molar-refractivity contribution in [2.75, 3.05) is 19.5 Å². The summed E-state index contributed by atoms with van der Waals surface area (Å²) in [6.45, 7) is 0. The number of hydrogen-bond donors (Lipinski definition) is 2. The number of fused-ring (bicyclic) bond motifs is 1. The number of aromatic amines is 1. The third-order valence-corrected chi connectivity index (χ3v) is 5.74. The quantitative estimate of drug-likeness (QED) is 0.606. The van der Waals surface area contributed by atoms with Gasteiger partial charge in [0, 0.05) is 17.2 Å². The fraction of sp³-hybridized carbons (Fsp3) is 0.300. The van der Waals surface area contributed by atoms with E-state index in [-0.39, 0.29) is 5.91 Å². The number of aromatic nitrogens is 2. The lowest BCUT2D eigenvalue weighted by atomic mass is 9.85. The number of rotatable bonds is 5. The first-order valence-electron chi connectivity index (χ1n) is 8.81. The Morgan fingerprint density at radius 1 is 1.19 bits per heavy atom. The van der Waals surface area contributed by atoms with E-state index < -0.39 is 0 Å². The van der Waals surface area contributed by atoms with E-state index in [0.29, 0.717) is 33.1 Å². The minimum Gasteiger partial charge on any atom is -0.495 e. The minimum atomic E-state index is -0.239. The second-order valence-electron chi connectivity index (χ2n) is 6.63. The topological polar surface area (TPSA) is 76.2 Å². The van der Waals surface area contributed by atoms with Crippen molar-refractivity contribution in [1.29, 1.82) is 0 Å². The zero-order valence-corrected chi connectivity index (χ0v) is 16.7. The van der Waals surface area contributed by atoms with E-state index in [0.717, 1.165) is 16.9 Å². The van der Waals surface area contributed by atoms with Gasteiger partial charge in [0.1, 0.15) is 21.8 Å². The summed E-state index contributed by atoms with van der Waals surface area (Å²) >= 11 is 3.41. The van der Waals surface area contributed by atoms with Gasteiger partial charge in [0.05, 0.1) is 25.3 Å². The van der Waals surface area contributed by atoms with E-state index in [2.05, 4.69) is 31.2 Å². The van der Waals surface area contributed by atoms with Crippen LogP contribution in [0.15, 0.2) is 34.8 Å². The first-order valence-corrected chi connectivity index (χ1v) is 9.61. The van der Waals surface area contributed by atoms with E-state index in [1.807, 2.05) is 18.2 Å². The summed E-state index contributed by atoms with van der Waals surface area (Å²) in [7, 11) is 3.10. The molecule has 3 aromatic rings. The van der Waals surface area contributed by atoms with Crippen LogP contribution in [-0.4, -0.2) is 30.1 Å². The summed E-state index contributed by atoms with van der Waals surface area (Å²) in [5.41, 5.74) is 3.01. The molecule has 0 bridgehead atoms. The molecular formula is C20H20BrN3O3. The largest absolute Gasteiger partial charge is 0.495 e. The number of ether oxygens (including phenoxy) is 2. The molecule has 1 heterocycles. The molecular weight excluding hydrogens is 410 g/mol. The van der Waals surface area contributed by atoms with E-state index in [4.69, 9.17) is 9.47 Å². The SMILES string of the molecule is COc1cc(C(=O)Nc2ccc3nc(C4CCC4)[nH]c3c2)cc(OC)c1Br. The molecule has 1 saturated carbocycles. The average Bonchev–Trinajstić information content (AvgIpc) is 3.02. The van der Waals surface area contributed by atoms with E-state index in [1.54, 1.807) is 26.4 Å². The molecule has 1 aliphatic carbocycles. The Kier molecular flexibility index (Phi) is 4.78. The number of hydrogen-bond acceptors (Lipinski definition) is 4. The smallest absolute Gasteiger partial charge is 0.255 e. The average molecular weight is 430 g/mol. The molecule has 0 atom stereocenters. The number of benzene rings is 2. The molecule has 140 valence electrons. The van der Waals surface area contributed by atoms with Crippen molar-refractivity contribution < 1.29 is 14.3 Å². The number of nitrogens with zero attached hydrogens (tertiary/aromatic N) is 1. The fourth-order valence-electron chi connectivity index (χ4n) is 3.19. The second kappa shape index (κ2) is 7.23. The van der Waals surface area contributed by atoms with Crippen LogP contribution in [0.25, 0.3) is 11.0 Å². The summed E-state index contributed by atoms with van der Waals surface area (Å²) in [6.07, 6.45) is 3.65. The van der Waals surface area contributed by atoms with Crippen molar-refractivity contribution in [3.05, 3.63) is 46.2 Å². The zero-order valence-electron chi connectivity index (χ0n) is 15.1. The second-order valence-corrected chi connectivity index (χ2v) is 7.42. The van der Waals surface area contributed by atoms with E-state index in [1.165, 1.54) is 19.3 Å². The molecule has 1 aromatic heterocycles. The van der Waals surface area contributed by atoms with Crippen molar-refractivity contribution in [1.82, 2.24) is 9.97 Å². The normalized spacial score (nSPS) is 14.0. The summed E-state index contributed by atoms with van der Waals surface area (Å²) in [6, 6.07) is 9.04. The minimum absolute atomic E-state index is 0.239. The highest BCUT2D eigenvalue weighted by molar-refractivity contribution is 9.10. The first-order chi connectivity index (χ1) is 13.1. The number of methoxy groups -OCH3 is 2. The number of amides is 1. The van der Waals surface area contributed by atoms with Crippen LogP contribution in [-0.2, 0) is 0 Å². The predicted octanol–water partition coefficient (Wildman–Crippen LogP) is 4.86. The summed E-state index contributed by atoms with van der Waals surface area (Å²) in [4.78, 5) is 20.8. The van der Waals surface area contributed by atoms with Gasteiger partial charge in [-0.25, -0.2) is 4.98 Å². The Bertz CT molecular complexity index is 986. The third kappa shape index (κ3) is 3.39. The molecule has 2 N–H and O–H groups in total. The number of nitrogens with one attached hydrogen (secondary N) is 2. The van der Waals surface area contributed by atoms with Crippen molar-refractivity contribution in [2.45, 2.75) is 25.2 Å². The fourth-order valence-corrected chi connectivity index (χ4v) is 3.74. The number of carbonyl (C=O) groups is 1. The Morgan fingerprint density at radius 2 is 1.89 bits per heavy atom. The van der Waals surface area contributed by atoms with Crippen LogP contribution in [0.4, 0.5) is 5.69 Å². The van der Waals surface area contributed by atoms with Crippen LogP contribution in [0.3, 0.4) is 0 Å². The molecule has 0 unspecified atom stereocenters. The predicted molar refractivity (Wildman–Crippen MR) is 108 cm³/mol. The monoisotopic (exact) mass is 429 g/mol. The van der Waals surface area contributed by atoms with Gasteiger partial charge in [0.15, 0.2) is 0 Å². The standard InChI is InChI=1S/C20H20BrN3O3/c1-26-16-8-12(9-17(27-2)18(16)21)20(25)22-13-6-7-14-15(10-13)24-19(23-14)11-4-3-5-11/h6-11H,3-5H2,1-2H3,(H,22,25)(H,23,24). The Hall–Kier alpha value is -2.54. The first kappa shape index (κ1) is 17.9. The Balaban J connectivity index is 1.58. The molecule has 1 amide bonds. The van der Waals surface area contributed by atoms with E-state index in [9.17, 15) is 4.79 Å². The Labute approximate surface area is 165 Å². The van der Waals surface area contributed by atoms with E-state index >= 15 is 0 Å². The number of halogens is 1. The Morgan fingerprint density at radius 3 is 2.48 bits per heavy atom. The highest BCUT2D eigenvalue weighted by Crippen LogP contribution is 2.37. The highest BCUT2D eigenvalue weighted by Gasteiger charge is 2.22. The number of imidazole rings is 1. The number of H-pyrrole nitrogens is 1. The lowest BCUT2D eigenvalue weighted by Crippen LogP contribution is -2.12. The molecule has 2 aromatic carbocycles. The van der Waals surface area contributed by atoms with Crippen LogP contribution in [0.5, 0.6) is 11.5 Å². The lowest BCUT2D eigenvalue weighted by Gasteiger charge is -2.22.